The summed E-state index contributed by atoms with van der Waals surface area (Å²) < 4.78 is 12.7. The molecule has 1 aromatic rings. The summed E-state index contributed by atoms with van der Waals surface area (Å²) >= 11 is 0. The second-order valence-corrected chi connectivity index (χ2v) is 4.33. The molecule has 2 N–H and O–H groups in total. The molecule has 1 rings (SSSR count). The van der Waals surface area contributed by atoms with Gasteiger partial charge in [-0.05, 0) is 23.6 Å². The lowest BCUT2D eigenvalue weighted by Gasteiger charge is -2.13. The molecule has 0 saturated carbocycles. The van der Waals surface area contributed by atoms with Crippen LogP contribution in [0.1, 0.15) is 19.4 Å². The first-order chi connectivity index (χ1) is 8.11. The molecule has 0 unspecified atom stereocenters. The normalized spacial score (nSPS) is 11.1. The number of aliphatic imine (C=N–C) groups is 1. The van der Waals surface area contributed by atoms with Crippen LogP contribution < -0.4 is 10.6 Å². The van der Waals surface area contributed by atoms with Crippen LogP contribution in [0.2, 0.25) is 0 Å². The molecule has 0 amide bonds. The summed E-state index contributed by atoms with van der Waals surface area (Å²) in [6, 6.07) is 6.44. The Morgan fingerprint density at radius 1 is 1.22 bits per heavy atom. The van der Waals surface area contributed by atoms with Gasteiger partial charge in [0, 0.05) is 20.1 Å². The maximum Gasteiger partial charge on any atom is 0.191 e. The zero-order valence-corrected chi connectivity index (χ0v) is 13.4. The molecule has 0 aliphatic carbocycles. The third kappa shape index (κ3) is 6.78. The second-order valence-electron chi connectivity index (χ2n) is 4.33. The average Bonchev–Trinajstić information content (AvgIpc) is 2.31. The number of hydrogen-bond donors (Lipinski definition) is 2. The zero-order chi connectivity index (χ0) is 12.7. The van der Waals surface area contributed by atoms with Crippen molar-refractivity contribution in [2.75, 3.05) is 13.6 Å². The number of nitrogens with zero attached hydrogens (tertiary/aromatic N) is 1. The predicted molar refractivity (Wildman–Crippen MR) is 84.9 cm³/mol. The summed E-state index contributed by atoms with van der Waals surface area (Å²) in [6.07, 6.45) is 0. The highest BCUT2D eigenvalue weighted by atomic mass is 127. The van der Waals surface area contributed by atoms with Gasteiger partial charge in [-0.15, -0.1) is 24.0 Å². The molecule has 3 nitrogen and oxygen atoms in total. The van der Waals surface area contributed by atoms with Gasteiger partial charge < -0.3 is 10.6 Å². The Balaban J connectivity index is 0.00000289. The van der Waals surface area contributed by atoms with E-state index in [1.54, 1.807) is 19.2 Å². The van der Waals surface area contributed by atoms with Crippen LogP contribution in [0.25, 0.3) is 0 Å². The lowest BCUT2D eigenvalue weighted by Crippen LogP contribution is -2.38. The fourth-order valence-corrected chi connectivity index (χ4v) is 1.31. The minimum atomic E-state index is -0.212. The molecule has 0 saturated heterocycles. The lowest BCUT2D eigenvalue weighted by atomic mass is 10.2. The second kappa shape index (κ2) is 9.13. The summed E-state index contributed by atoms with van der Waals surface area (Å²) in [5, 5.41) is 6.39. The average molecular weight is 365 g/mol. The lowest BCUT2D eigenvalue weighted by molar-refractivity contribution is 0.614. The van der Waals surface area contributed by atoms with E-state index in [0.29, 0.717) is 12.5 Å². The highest BCUT2D eigenvalue weighted by Gasteiger charge is 1.99. The van der Waals surface area contributed by atoms with Gasteiger partial charge in [-0.1, -0.05) is 26.0 Å². The quantitative estimate of drug-likeness (QED) is 0.489. The van der Waals surface area contributed by atoms with Crippen LogP contribution in [0.15, 0.2) is 29.3 Å². The van der Waals surface area contributed by atoms with Gasteiger partial charge in [-0.3, -0.25) is 4.99 Å². The van der Waals surface area contributed by atoms with Gasteiger partial charge in [0.15, 0.2) is 5.96 Å². The van der Waals surface area contributed by atoms with Crippen molar-refractivity contribution in [3.8, 4) is 0 Å². The molecule has 0 atom stereocenters. The molecule has 0 radical (unpaired) electrons. The van der Waals surface area contributed by atoms with Crippen molar-refractivity contribution in [3.63, 3.8) is 0 Å². The van der Waals surface area contributed by atoms with Gasteiger partial charge in [0.1, 0.15) is 5.82 Å². The van der Waals surface area contributed by atoms with E-state index in [-0.39, 0.29) is 29.8 Å². The number of nitrogens with one attached hydrogen (secondary N) is 2. The maximum absolute atomic E-state index is 12.7. The van der Waals surface area contributed by atoms with Crippen molar-refractivity contribution < 1.29 is 4.39 Å². The van der Waals surface area contributed by atoms with Crippen molar-refractivity contribution in [1.29, 1.82) is 0 Å². The topological polar surface area (TPSA) is 36.4 Å². The molecule has 0 spiro atoms. The summed E-state index contributed by atoms with van der Waals surface area (Å²) in [5.41, 5.74) is 1.03. The van der Waals surface area contributed by atoms with Crippen molar-refractivity contribution in [3.05, 3.63) is 35.6 Å². The van der Waals surface area contributed by atoms with E-state index < -0.39 is 0 Å². The molecule has 0 fully saturated rings. The van der Waals surface area contributed by atoms with Crippen LogP contribution in [0, 0.1) is 11.7 Å². The molecule has 0 heterocycles. The van der Waals surface area contributed by atoms with Gasteiger partial charge in [0.2, 0.25) is 0 Å². The maximum atomic E-state index is 12.7. The summed E-state index contributed by atoms with van der Waals surface area (Å²) in [4.78, 5) is 4.11. The molecule has 0 aliphatic rings. The first kappa shape index (κ1) is 17.2. The van der Waals surface area contributed by atoms with Crippen LogP contribution in [-0.2, 0) is 6.54 Å². The fourth-order valence-electron chi connectivity index (χ4n) is 1.31. The number of rotatable bonds is 4. The van der Waals surface area contributed by atoms with Crippen molar-refractivity contribution in [1.82, 2.24) is 10.6 Å². The minimum absolute atomic E-state index is 0. The van der Waals surface area contributed by atoms with E-state index in [9.17, 15) is 4.39 Å². The van der Waals surface area contributed by atoms with Gasteiger partial charge in [0.25, 0.3) is 0 Å². The van der Waals surface area contributed by atoms with Gasteiger partial charge >= 0.3 is 0 Å². The SMILES string of the molecule is CN=C(NCc1ccc(F)cc1)NCC(C)C.I. The van der Waals surface area contributed by atoms with Crippen LogP contribution in [0.3, 0.4) is 0 Å². The third-order valence-electron chi connectivity index (χ3n) is 2.27. The molecule has 1 aromatic carbocycles. The van der Waals surface area contributed by atoms with Crippen LogP contribution >= 0.6 is 24.0 Å². The Kier molecular flexibility index (Phi) is 8.70. The molecule has 0 aromatic heterocycles. The molecule has 102 valence electrons. The standard InChI is InChI=1S/C13H20FN3.HI/c1-10(2)8-16-13(15-3)17-9-11-4-6-12(14)7-5-11;/h4-7,10H,8-9H2,1-3H3,(H2,15,16,17);1H. The van der Waals surface area contributed by atoms with Gasteiger partial charge in [-0.25, -0.2) is 4.39 Å². The number of guanidine groups is 1. The first-order valence-electron chi connectivity index (χ1n) is 5.80. The molecule has 18 heavy (non-hydrogen) atoms. The highest BCUT2D eigenvalue weighted by Crippen LogP contribution is 2.01. The fraction of sp³-hybridized carbons (Fsp3) is 0.462. The zero-order valence-electron chi connectivity index (χ0n) is 11.0. The minimum Gasteiger partial charge on any atom is -0.356 e. The first-order valence-corrected chi connectivity index (χ1v) is 5.80. The van der Waals surface area contributed by atoms with E-state index >= 15 is 0 Å². The van der Waals surface area contributed by atoms with E-state index in [2.05, 4.69) is 29.5 Å². The molecule has 0 bridgehead atoms. The molecular weight excluding hydrogens is 344 g/mol. The Hall–Kier alpha value is -0.850. The smallest absolute Gasteiger partial charge is 0.191 e. The number of hydrogen-bond acceptors (Lipinski definition) is 1. The van der Waals surface area contributed by atoms with Crippen LogP contribution in [0.4, 0.5) is 4.39 Å². The Morgan fingerprint density at radius 2 is 1.83 bits per heavy atom. The van der Waals surface area contributed by atoms with E-state index in [4.69, 9.17) is 0 Å². The Bertz CT molecular complexity index is 363. The van der Waals surface area contributed by atoms with Crippen molar-refractivity contribution >= 4 is 29.9 Å². The number of halogens is 2. The van der Waals surface area contributed by atoms with E-state index in [0.717, 1.165) is 18.1 Å². The van der Waals surface area contributed by atoms with Crippen LogP contribution in [0.5, 0.6) is 0 Å². The summed E-state index contributed by atoms with van der Waals surface area (Å²) in [5.74, 6) is 1.12. The van der Waals surface area contributed by atoms with Crippen molar-refractivity contribution in [2.24, 2.45) is 10.9 Å². The van der Waals surface area contributed by atoms with E-state index in [1.165, 1.54) is 12.1 Å². The Labute approximate surface area is 125 Å². The summed E-state index contributed by atoms with van der Waals surface area (Å²) in [6.45, 7) is 5.79. The predicted octanol–water partition coefficient (Wildman–Crippen LogP) is 2.76. The highest BCUT2D eigenvalue weighted by molar-refractivity contribution is 14.0. The third-order valence-corrected chi connectivity index (χ3v) is 2.27. The number of benzene rings is 1. The van der Waals surface area contributed by atoms with Gasteiger partial charge in [0.05, 0.1) is 0 Å². The molecule has 5 heteroatoms. The molecule has 0 aliphatic heterocycles. The monoisotopic (exact) mass is 365 g/mol. The van der Waals surface area contributed by atoms with Crippen LogP contribution in [-0.4, -0.2) is 19.6 Å². The summed E-state index contributed by atoms with van der Waals surface area (Å²) in [7, 11) is 1.74. The van der Waals surface area contributed by atoms with Gasteiger partial charge in [-0.2, -0.15) is 0 Å². The molecular formula is C13H21FIN3. The largest absolute Gasteiger partial charge is 0.356 e. The van der Waals surface area contributed by atoms with E-state index in [1.807, 2.05) is 0 Å². The van der Waals surface area contributed by atoms with Crippen molar-refractivity contribution in [2.45, 2.75) is 20.4 Å². The Morgan fingerprint density at radius 3 is 2.33 bits per heavy atom.